The van der Waals surface area contributed by atoms with E-state index in [4.69, 9.17) is 9.47 Å². The molecule has 0 unspecified atom stereocenters. The number of benzene rings is 3. The van der Waals surface area contributed by atoms with Crippen molar-refractivity contribution in [2.75, 3.05) is 12.4 Å². The Balaban J connectivity index is 1.47. The quantitative estimate of drug-likeness (QED) is 0.419. The van der Waals surface area contributed by atoms with Crippen LogP contribution in [0.15, 0.2) is 89.7 Å². The van der Waals surface area contributed by atoms with Gasteiger partial charge < -0.3 is 14.8 Å². The van der Waals surface area contributed by atoms with Crippen LogP contribution in [0.2, 0.25) is 0 Å². The third-order valence-electron chi connectivity index (χ3n) is 5.34. The average molecular weight is 456 g/mol. The van der Waals surface area contributed by atoms with Gasteiger partial charge in [-0.3, -0.25) is 9.59 Å². The lowest BCUT2D eigenvalue weighted by Gasteiger charge is -2.11. The van der Waals surface area contributed by atoms with Gasteiger partial charge in [0.25, 0.3) is 11.5 Å². The fraction of sp³-hybridized carbons (Fsp3) is 0.148. The number of aromatic nitrogens is 2. The van der Waals surface area contributed by atoms with Crippen LogP contribution in [0.1, 0.15) is 28.4 Å². The Morgan fingerprint density at radius 2 is 1.68 bits per heavy atom. The smallest absolute Gasteiger partial charge is 0.271 e. The number of para-hydroxylation sites is 1. The third kappa shape index (κ3) is 5.32. The summed E-state index contributed by atoms with van der Waals surface area (Å²) in [5, 5.41) is 7.26. The Kier molecular flexibility index (Phi) is 7.03. The van der Waals surface area contributed by atoms with Crippen molar-refractivity contribution < 1.29 is 14.3 Å². The lowest BCUT2D eigenvalue weighted by molar-refractivity contribution is 0.102. The first kappa shape index (κ1) is 22.8. The minimum Gasteiger partial charge on any atom is -0.497 e. The lowest BCUT2D eigenvalue weighted by atomic mass is 10.1. The van der Waals surface area contributed by atoms with Crippen molar-refractivity contribution in [1.82, 2.24) is 9.78 Å². The van der Waals surface area contributed by atoms with Gasteiger partial charge >= 0.3 is 0 Å². The van der Waals surface area contributed by atoms with E-state index in [1.54, 1.807) is 31.4 Å². The van der Waals surface area contributed by atoms with Gasteiger partial charge in [-0.1, -0.05) is 37.3 Å². The van der Waals surface area contributed by atoms with E-state index < -0.39 is 0 Å². The molecule has 0 radical (unpaired) electrons. The summed E-state index contributed by atoms with van der Waals surface area (Å²) in [5.74, 6) is 0.861. The van der Waals surface area contributed by atoms with Gasteiger partial charge in [0, 0.05) is 23.4 Å². The van der Waals surface area contributed by atoms with Crippen molar-refractivity contribution in [1.29, 1.82) is 0 Å². The van der Waals surface area contributed by atoms with Gasteiger partial charge in [0.1, 0.15) is 12.4 Å². The Morgan fingerprint density at radius 3 is 2.38 bits per heavy atom. The number of anilines is 1. The van der Waals surface area contributed by atoms with Gasteiger partial charge in [-0.2, -0.15) is 4.68 Å². The van der Waals surface area contributed by atoms with E-state index in [-0.39, 0.29) is 11.5 Å². The summed E-state index contributed by atoms with van der Waals surface area (Å²) in [4.78, 5) is 25.1. The highest BCUT2D eigenvalue weighted by molar-refractivity contribution is 6.04. The second-order valence-corrected chi connectivity index (χ2v) is 7.57. The van der Waals surface area contributed by atoms with Crippen LogP contribution < -0.4 is 20.3 Å². The van der Waals surface area contributed by atoms with E-state index in [0.717, 1.165) is 29.0 Å². The summed E-state index contributed by atoms with van der Waals surface area (Å²) in [6.07, 6.45) is 0.820. The van der Waals surface area contributed by atoms with E-state index in [1.807, 2.05) is 55.5 Å². The van der Waals surface area contributed by atoms with Crippen LogP contribution in [0.25, 0.3) is 5.69 Å². The number of nitrogens with zero attached hydrogens (tertiary/aromatic N) is 2. The van der Waals surface area contributed by atoms with Crippen molar-refractivity contribution in [3.8, 4) is 17.3 Å². The van der Waals surface area contributed by atoms with Gasteiger partial charge in [0.05, 0.1) is 12.8 Å². The predicted molar refractivity (Wildman–Crippen MR) is 131 cm³/mol. The van der Waals surface area contributed by atoms with Crippen LogP contribution in [0.3, 0.4) is 0 Å². The molecule has 0 spiro atoms. The summed E-state index contributed by atoms with van der Waals surface area (Å²) in [5.41, 5.74) is 3.51. The summed E-state index contributed by atoms with van der Waals surface area (Å²) in [7, 11) is 1.61. The second kappa shape index (κ2) is 10.5. The van der Waals surface area contributed by atoms with Crippen LogP contribution in [0, 0.1) is 0 Å². The fourth-order valence-corrected chi connectivity index (χ4v) is 3.43. The number of hydrogen-bond donors (Lipinski definition) is 1. The van der Waals surface area contributed by atoms with Crippen molar-refractivity contribution in [3.63, 3.8) is 0 Å². The Morgan fingerprint density at radius 1 is 0.941 bits per heavy atom. The molecule has 7 heteroatoms. The molecule has 1 amide bonds. The molecule has 0 aliphatic rings. The molecule has 0 bridgehead atoms. The van der Waals surface area contributed by atoms with Gasteiger partial charge in [-0.25, -0.2) is 0 Å². The van der Waals surface area contributed by atoms with E-state index in [2.05, 4.69) is 10.4 Å². The molecule has 0 aliphatic carbocycles. The highest BCUT2D eigenvalue weighted by Crippen LogP contribution is 2.18. The summed E-state index contributed by atoms with van der Waals surface area (Å²) in [6, 6.07) is 24.8. The van der Waals surface area contributed by atoms with Crippen LogP contribution in [0.4, 0.5) is 5.69 Å². The van der Waals surface area contributed by atoms with Crippen LogP contribution in [0.5, 0.6) is 11.6 Å². The maximum atomic E-state index is 12.7. The number of carbonyl (C=O) groups is 1. The van der Waals surface area contributed by atoms with Crippen LogP contribution in [-0.2, 0) is 13.0 Å². The zero-order valence-corrected chi connectivity index (χ0v) is 19.0. The first-order chi connectivity index (χ1) is 16.6. The van der Waals surface area contributed by atoms with Crippen molar-refractivity contribution >= 4 is 11.6 Å². The number of rotatable bonds is 8. The van der Waals surface area contributed by atoms with Crippen molar-refractivity contribution in [2.45, 2.75) is 20.0 Å². The number of nitrogens with one attached hydrogen (secondary N) is 1. The third-order valence-corrected chi connectivity index (χ3v) is 5.34. The van der Waals surface area contributed by atoms with Gasteiger partial charge in [0.15, 0.2) is 0 Å². The molecule has 34 heavy (non-hydrogen) atoms. The van der Waals surface area contributed by atoms with Crippen LogP contribution in [-0.4, -0.2) is 22.8 Å². The standard InChI is InChI=1S/C27H25N3O4/c1-3-20-6-4-5-7-24(20)28-27(32)21-10-12-22(13-11-21)30-26(31)17-16-25(29-30)34-18-19-8-14-23(33-2)15-9-19/h4-17H,3,18H2,1-2H3,(H,28,32). The molecule has 0 fully saturated rings. The zero-order chi connectivity index (χ0) is 23.9. The minimum atomic E-state index is -0.300. The van der Waals surface area contributed by atoms with E-state index in [1.165, 1.54) is 16.8 Å². The summed E-state index contributed by atoms with van der Waals surface area (Å²) < 4.78 is 12.2. The van der Waals surface area contributed by atoms with Crippen molar-refractivity contribution in [3.05, 3.63) is 112 Å². The molecule has 172 valence electrons. The number of hydrogen-bond acceptors (Lipinski definition) is 5. The van der Waals surface area contributed by atoms with Crippen molar-refractivity contribution in [2.24, 2.45) is 0 Å². The number of amides is 1. The van der Waals surface area contributed by atoms with E-state index >= 15 is 0 Å². The highest BCUT2D eigenvalue weighted by atomic mass is 16.5. The van der Waals surface area contributed by atoms with Crippen LogP contribution >= 0.6 is 0 Å². The van der Waals surface area contributed by atoms with Gasteiger partial charge in [-0.05, 0) is 60.0 Å². The molecular formula is C27H25N3O4. The molecule has 3 aromatic carbocycles. The fourth-order valence-electron chi connectivity index (χ4n) is 3.43. The Bertz CT molecular complexity index is 1330. The highest BCUT2D eigenvalue weighted by Gasteiger charge is 2.10. The van der Waals surface area contributed by atoms with E-state index in [0.29, 0.717) is 23.7 Å². The summed E-state index contributed by atoms with van der Waals surface area (Å²) in [6.45, 7) is 2.34. The maximum absolute atomic E-state index is 12.7. The molecule has 1 heterocycles. The average Bonchev–Trinajstić information content (AvgIpc) is 2.89. The first-order valence-corrected chi connectivity index (χ1v) is 10.9. The largest absolute Gasteiger partial charge is 0.497 e. The predicted octanol–water partition coefficient (Wildman–Crippen LogP) is 4.63. The normalized spacial score (nSPS) is 10.5. The minimum absolute atomic E-state index is 0.218. The molecule has 7 nitrogen and oxygen atoms in total. The number of carbonyl (C=O) groups excluding carboxylic acids is 1. The number of aryl methyl sites for hydroxylation is 1. The van der Waals surface area contributed by atoms with Gasteiger partial charge in [0.2, 0.25) is 5.88 Å². The molecule has 1 N–H and O–H groups in total. The molecule has 0 saturated carbocycles. The van der Waals surface area contributed by atoms with E-state index in [9.17, 15) is 9.59 Å². The molecule has 4 aromatic rings. The molecule has 1 aromatic heterocycles. The molecule has 4 rings (SSSR count). The SMILES string of the molecule is CCc1ccccc1NC(=O)c1ccc(-n2nc(OCc3ccc(OC)cc3)ccc2=O)cc1. The zero-order valence-electron chi connectivity index (χ0n) is 19.0. The lowest BCUT2D eigenvalue weighted by Crippen LogP contribution is -2.21. The maximum Gasteiger partial charge on any atom is 0.271 e. The van der Waals surface area contributed by atoms with Gasteiger partial charge in [-0.15, -0.1) is 5.10 Å². The Labute approximate surface area is 197 Å². The number of methoxy groups -OCH3 is 1. The first-order valence-electron chi connectivity index (χ1n) is 10.9. The molecule has 0 saturated heterocycles. The molecule has 0 atom stereocenters. The summed E-state index contributed by atoms with van der Waals surface area (Å²) >= 11 is 0. The monoisotopic (exact) mass is 455 g/mol. The number of ether oxygens (including phenoxy) is 2. The second-order valence-electron chi connectivity index (χ2n) is 7.57. The topological polar surface area (TPSA) is 82.5 Å². The molecular weight excluding hydrogens is 430 g/mol. The Hall–Kier alpha value is -4.39. The molecule has 0 aliphatic heterocycles.